The molecule has 3 aromatic carbocycles. The molecule has 0 heterocycles. The average molecular weight is 422 g/mol. The molecule has 0 aliphatic carbocycles. The van der Waals surface area contributed by atoms with Gasteiger partial charge in [-0.05, 0) is 61.4 Å². The van der Waals surface area contributed by atoms with E-state index in [4.69, 9.17) is 16.3 Å². The first-order valence-corrected chi connectivity index (χ1v) is 9.33. The third kappa shape index (κ3) is 5.05. The molecule has 0 saturated carbocycles. The van der Waals surface area contributed by atoms with Crippen LogP contribution >= 0.6 is 11.6 Å². The highest BCUT2D eigenvalue weighted by molar-refractivity contribution is 6.32. The van der Waals surface area contributed by atoms with Crippen molar-refractivity contribution >= 4 is 29.7 Å². The van der Waals surface area contributed by atoms with E-state index in [0.29, 0.717) is 27.6 Å². The van der Waals surface area contributed by atoms with Crippen LogP contribution in [0.25, 0.3) is 0 Å². The zero-order valence-corrected chi connectivity index (χ0v) is 17.0. The number of benzene rings is 3. The number of ether oxygens (including phenoxy) is 1. The fourth-order valence-electron chi connectivity index (χ4n) is 2.64. The first kappa shape index (κ1) is 21.1. The Balaban J connectivity index is 1.84. The number of carboxylic acids is 1. The Kier molecular flexibility index (Phi) is 6.51. The van der Waals surface area contributed by atoms with Gasteiger partial charge < -0.3 is 9.84 Å². The summed E-state index contributed by atoms with van der Waals surface area (Å²) in [7, 11) is 0. The topological polar surface area (TPSA) is 58.9 Å². The van der Waals surface area contributed by atoms with E-state index in [1.54, 1.807) is 49.4 Å². The van der Waals surface area contributed by atoms with Crippen LogP contribution < -0.4 is 4.74 Å². The maximum absolute atomic E-state index is 13.8. The van der Waals surface area contributed by atoms with Crippen molar-refractivity contribution in [1.29, 1.82) is 0 Å². The molecule has 1 N–H and O–H groups in total. The van der Waals surface area contributed by atoms with Crippen molar-refractivity contribution in [3.8, 4) is 17.6 Å². The van der Waals surface area contributed by atoms with E-state index in [0.717, 1.165) is 5.56 Å². The fraction of sp³-hybridized carbons (Fsp3) is 0.0833. The number of hydrogen-bond acceptors (Lipinski definition) is 3. The zero-order chi connectivity index (χ0) is 21.7. The largest absolute Gasteiger partial charge is 0.478 e. The lowest BCUT2D eigenvalue weighted by Crippen LogP contribution is -2.00. The number of nitrogens with zero attached hydrogens (tertiary/aromatic N) is 1. The SMILES string of the molecule is Cc1cc(Cl)c(C#Cc2ccccc2F)cc1N=COc1ccc(C)c(C(=O)O)c1. The molecule has 0 fully saturated rings. The molecule has 0 aliphatic heterocycles. The van der Waals surface area contributed by atoms with Crippen LogP contribution in [0.5, 0.6) is 5.75 Å². The molecule has 0 saturated heterocycles. The molecule has 0 atom stereocenters. The molecule has 4 nitrogen and oxygen atoms in total. The van der Waals surface area contributed by atoms with Crippen molar-refractivity contribution < 1.29 is 19.0 Å². The van der Waals surface area contributed by atoms with Gasteiger partial charge in [-0.15, -0.1) is 0 Å². The van der Waals surface area contributed by atoms with Crippen LogP contribution in [0.3, 0.4) is 0 Å². The predicted molar refractivity (Wildman–Crippen MR) is 115 cm³/mol. The van der Waals surface area contributed by atoms with Crippen LogP contribution in [0.1, 0.15) is 32.6 Å². The molecule has 6 heteroatoms. The Labute approximate surface area is 178 Å². The maximum atomic E-state index is 13.8. The van der Waals surface area contributed by atoms with E-state index < -0.39 is 11.8 Å². The lowest BCUT2D eigenvalue weighted by Gasteiger charge is -2.06. The van der Waals surface area contributed by atoms with Gasteiger partial charge >= 0.3 is 5.97 Å². The minimum atomic E-state index is -1.03. The molecule has 0 spiro atoms. The molecule has 0 aromatic heterocycles. The van der Waals surface area contributed by atoms with Crippen molar-refractivity contribution in [3.05, 3.63) is 93.3 Å². The summed E-state index contributed by atoms with van der Waals surface area (Å²) in [5, 5.41) is 9.63. The van der Waals surface area contributed by atoms with Crippen molar-refractivity contribution in [1.82, 2.24) is 0 Å². The third-order valence-corrected chi connectivity index (χ3v) is 4.62. The highest BCUT2D eigenvalue weighted by Gasteiger charge is 2.08. The number of hydrogen-bond donors (Lipinski definition) is 1. The second kappa shape index (κ2) is 9.25. The summed E-state index contributed by atoms with van der Waals surface area (Å²) in [5.74, 6) is 4.57. The summed E-state index contributed by atoms with van der Waals surface area (Å²) in [5.41, 5.74) is 2.94. The summed E-state index contributed by atoms with van der Waals surface area (Å²) in [6.07, 6.45) is 1.22. The maximum Gasteiger partial charge on any atom is 0.336 e. The summed E-state index contributed by atoms with van der Waals surface area (Å²) < 4.78 is 19.2. The van der Waals surface area contributed by atoms with E-state index in [2.05, 4.69) is 16.8 Å². The average Bonchev–Trinajstić information content (AvgIpc) is 2.71. The van der Waals surface area contributed by atoms with Crippen LogP contribution in [0.2, 0.25) is 5.02 Å². The Morgan fingerprint density at radius 2 is 1.80 bits per heavy atom. The quantitative estimate of drug-likeness (QED) is 0.322. The molecule has 0 radical (unpaired) electrons. The number of aromatic carboxylic acids is 1. The van der Waals surface area contributed by atoms with E-state index >= 15 is 0 Å². The van der Waals surface area contributed by atoms with Gasteiger partial charge in [0.2, 0.25) is 0 Å². The molecule has 3 rings (SSSR count). The van der Waals surface area contributed by atoms with Gasteiger partial charge in [-0.2, -0.15) is 0 Å². The number of aryl methyl sites for hydroxylation is 2. The lowest BCUT2D eigenvalue weighted by atomic mass is 10.1. The third-order valence-electron chi connectivity index (χ3n) is 4.31. The highest BCUT2D eigenvalue weighted by Crippen LogP contribution is 2.26. The summed E-state index contributed by atoms with van der Waals surface area (Å²) in [6, 6.07) is 14.4. The van der Waals surface area contributed by atoms with E-state index in [1.807, 2.05) is 6.92 Å². The summed E-state index contributed by atoms with van der Waals surface area (Å²) in [4.78, 5) is 15.5. The van der Waals surface area contributed by atoms with Crippen LogP contribution in [-0.2, 0) is 0 Å². The van der Waals surface area contributed by atoms with Crippen LogP contribution in [-0.4, -0.2) is 17.5 Å². The van der Waals surface area contributed by atoms with E-state index in [9.17, 15) is 14.3 Å². The van der Waals surface area contributed by atoms with Crippen molar-refractivity contribution in [3.63, 3.8) is 0 Å². The molecular weight excluding hydrogens is 405 g/mol. The molecular formula is C24H17ClFNO3. The normalized spacial score (nSPS) is 10.5. The standard InChI is InChI=1S/C24H17ClFNO3/c1-15-7-10-19(13-20(15)24(28)29)30-14-27-23-12-18(21(25)11-16(23)2)9-8-17-5-3-4-6-22(17)26/h3-7,10-14H,1-2H3,(H,28,29). The molecule has 150 valence electrons. The Hall–Kier alpha value is -3.62. The van der Waals surface area contributed by atoms with Crippen LogP contribution in [0.4, 0.5) is 10.1 Å². The monoisotopic (exact) mass is 421 g/mol. The van der Waals surface area contributed by atoms with Gasteiger partial charge in [0.15, 0.2) is 6.40 Å². The Morgan fingerprint density at radius 1 is 1.07 bits per heavy atom. The van der Waals surface area contributed by atoms with Crippen molar-refractivity contribution in [2.45, 2.75) is 13.8 Å². The summed E-state index contributed by atoms with van der Waals surface area (Å²) >= 11 is 6.26. The molecule has 0 unspecified atom stereocenters. The van der Waals surface area contributed by atoms with Gasteiger partial charge in [0, 0.05) is 5.56 Å². The van der Waals surface area contributed by atoms with Crippen LogP contribution in [0.15, 0.2) is 59.6 Å². The Morgan fingerprint density at radius 3 is 2.53 bits per heavy atom. The number of carboxylic acid groups (broad SMARTS) is 1. The second-order valence-corrected chi connectivity index (χ2v) is 6.89. The zero-order valence-electron chi connectivity index (χ0n) is 16.2. The molecule has 3 aromatic rings. The second-order valence-electron chi connectivity index (χ2n) is 6.48. The Bertz CT molecular complexity index is 1210. The predicted octanol–water partition coefficient (Wildman–Crippen LogP) is 5.93. The number of aliphatic imine (C=N–C) groups is 1. The number of rotatable bonds is 4. The van der Waals surface area contributed by atoms with E-state index in [-0.39, 0.29) is 11.1 Å². The van der Waals surface area contributed by atoms with Gasteiger partial charge in [-0.3, -0.25) is 0 Å². The van der Waals surface area contributed by atoms with Crippen molar-refractivity contribution in [2.75, 3.05) is 0 Å². The minimum Gasteiger partial charge on any atom is -0.478 e. The fourth-order valence-corrected chi connectivity index (χ4v) is 2.91. The molecule has 0 amide bonds. The first-order valence-electron chi connectivity index (χ1n) is 8.95. The number of carbonyl (C=O) groups is 1. The minimum absolute atomic E-state index is 0.161. The van der Waals surface area contributed by atoms with Gasteiger partial charge in [0.1, 0.15) is 11.6 Å². The smallest absolute Gasteiger partial charge is 0.336 e. The first-order chi connectivity index (χ1) is 14.3. The molecule has 0 bridgehead atoms. The number of halogens is 2. The highest BCUT2D eigenvalue weighted by atomic mass is 35.5. The van der Waals surface area contributed by atoms with E-state index in [1.165, 1.54) is 18.5 Å². The summed E-state index contributed by atoms with van der Waals surface area (Å²) in [6.45, 7) is 3.54. The van der Waals surface area contributed by atoms with Gasteiger partial charge in [-0.25, -0.2) is 14.2 Å². The van der Waals surface area contributed by atoms with Gasteiger partial charge in [0.25, 0.3) is 0 Å². The molecule has 30 heavy (non-hydrogen) atoms. The van der Waals surface area contributed by atoms with Crippen molar-refractivity contribution in [2.24, 2.45) is 4.99 Å². The van der Waals surface area contributed by atoms with Crippen LogP contribution in [0, 0.1) is 31.5 Å². The van der Waals surface area contributed by atoms with Gasteiger partial charge in [-0.1, -0.05) is 41.6 Å². The van der Waals surface area contributed by atoms with Gasteiger partial charge in [0.05, 0.1) is 21.8 Å². The molecule has 0 aliphatic rings. The lowest BCUT2D eigenvalue weighted by molar-refractivity contribution is 0.0696.